The fraction of sp³-hybridized carbons (Fsp3) is 0.647. The van der Waals surface area contributed by atoms with Crippen LogP contribution < -0.4 is 5.73 Å². The fourth-order valence-electron chi connectivity index (χ4n) is 2.45. The lowest BCUT2D eigenvalue weighted by Gasteiger charge is -2.14. The molecule has 0 spiro atoms. The summed E-state index contributed by atoms with van der Waals surface area (Å²) in [5.41, 5.74) is 7.03. The van der Waals surface area contributed by atoms with E-state index in [0.717, 1.165) is 22.9 Å². The van der Waals surface area contributed by atoms with Gasteiger partial charge in [-0.25, -0.2) is 4.39 Å². The minimum Gasteiger partial charge on any atom is -0.324 e. The smallest absolute Gasteiger partial charge is 0.123 e. The summed E-state index contributed by atoms with van der Waals surface area (Å²) in [5.74, 6) is -0.213. The molecule has 20 heavy (non-hydrogen) atoms. The van der Waals surface area contributed by atoms with Gasteiger partial charge in [-0.3, -0.25) is 0 Å². The Morgan fingerprint density at radius 1 is 1.05 bits per heavy atom. The molecule has 0 heterocycles. The van der Waals surface area contributed by atoms with Gasteiger partial charge in [-0.2, -0.15) is 0 Å². The second-order valence-corrected chi connectivity index (χ2v) is 6.39. The zero-order chi connectivity index (χ0) is 14.8. The van der Waals surface area contributed by atoms with Gasteiger partial charge in [0.2, 0.25) is 0 Å². The van der Waals surface area contributed by atoms with Crippen LogP contribution in [0.4, 0.5) is 4.39 Å². The summed E-state index contributed by atoms with van der Waals surface area (Å²) < 4.78 is 14.1. The van der Waals surface area contributed by atoms with E-state index >= 15 is 0 Å². The molecule has 0 bridgehead atoms. The van der Waals surface area contributed by atoms with Gasteiger partial charge >= 0.3 is 0 Å². The Kier molecular flexibility index (Phi) is 9.12. The lowest BCUT2D eigenvalue weighted by Crippen LogP contribution is -2.11. The molecule has 0 saturated heterocycles. The summed E-state index contributed by atoms with van der Waals surface area (Å²) in [7, 11) is 0. The summed E-state index contributed by atoms with van der Waals surface area (Å²) in [4.78, 5) is 0. The van der Waals surface area contributed by atoms with Crippen molar-refractivity contribution < 1.29 is 4.39 Å². The molecule has 0 amide bonds. The zero-order valence-corrected chi connectivity index (χ0v) is 14.1. The van der Waals surface area contributed by atoms with Gasteiger partial charge < -0.3 is 5.73 Å². The Hall–Kier alpha value is -0.410. The number of nitrogens with two attached hydrogens (primary N) is 1. The second-order valence-electron chi connectivity index (χ2n) is 5.54. The molecule has 3 heteroatoms. The van der Waals surface area contributed by atoms with Crippen LogP contribution in [0.5, 0.6) is 0 Å². The second kappa shape index (κ2) is 10.3. The molecule has 0 aliphatic heterocycles. The van der Waals surface area contributed by atoms with Crippen molar-refractivity contribution in [2.75, 3.05) is 0 Å². The Morgan fingerprint density at radius 2 is 1.65 bits per heavy atom. The molecule has 2 N–H and O–H groups in total. The first-order chi connectivity index (χ1) is 9.65. The molecule has 114 valence electrons. The zero-order valence-electron chi connectivity index (χ0n) is 12.5. The standard InChI is InChI=1S/C17H27BrFN/c1-2-3-4-5-6-7-8-9-10-17(20)15-13-14(19)11-12-16(15)18/h11-13,17H,2-10,20H2,1H3. The van der Waals surface area contributed by atoms with E-state index in [1.807, 2.05) is 0 Å². The minimum atomic E-state index is -0.213. The molecule has 0 fully saturated rings. The van der Waals surface area contributed by atoms with Crippen molar-refractivity contribution in [2.45, 2.75) is 70.8 Å². The number of rotatable bonds is 10. The van der Waals surface area contributed by atoms with E-state index in [4.69, 9.17) is 5.73 Å². The van der Waals surface area contributed by atoms with Gasteiger partial charge in [0.25, 0.3) is 0 Å². The van der Waals surface area contributed by atoms with Gasteiger partial charge in [0.05, 0.1) is 0 Å². The molecule has 0 saturated carbocycles. The Bertz CT molecular complexity index is 381. The van der Waals surface area contributed by atoms with Crippen molar-refractivity contribution in [3.05, 3.63) is 34.1 Å². The molecule has 0 aromatic heterocycles. The Balaban J connectivity index is 2.17. The van der Waals surface area contributed by atoms with E-state index in [1.54, 1.807) is 12.1 Å². The lowest BCUT2D eigenvalue weighted by atomic mass is 10.00. The third-order valence-electron chi connectivity index (χ3n) is 3.73. The van der Waals surface area contributed by atoms with Crippen LogP contribution in [0.3, 0.4) is 0 Å². The van der Waals surface area contributed by atoms with Crippen molar-refractivity contribution in [3.8, 4) is 0 Å². The summed E-state index contributed by atoms with van der Waals surface area (Å²) >= 11 is 3.44. The molecule has 1 aromatic carbocycles. The van der Waals surface area contributed by atoms with Crippen LogP contribution in [0.2, 0.25) is 0 Å². The molecule has 1 aromatic rings. The van der Waals surface area contributed by atoms with Gasteiger partial charge in [0.15, 0.2) is 0 Å². The van der Waals surface area contributed by atoms with Gasteiger partial charge in [-0.1, -0.05) is 74.2 Å². The van der Waals surface area contributed by atoms with Crippen molar-refractivity contribution in [2.24, 2.45) is 5.73 Å². The molecule has 0 aliphatic carbocycles. The average Bonchev–Trinajstić information content (AvgIpc) is 2.44. The predicted octanol–water partition coefficient (Wildman–Crippen LogP) is 6.12. The predicted molar refractivity (Wildman–Crippen MR) is 88.3 cm³/mol. The van der Waals surface area contributed by atoms with E-state index in [9.17, 15) is 4.39 Å². The van der Waals surface area contributed by atoms with Crippen LogP contribution in [-0.2, 0) is 0 Å². The van der Waals surface area contributed by atoms with Gasteiger partial charge in [0.1, 0.15) is 5.82 Å². The van der Waals surface area contributed by atoms with Crippen molar-refractivity contribution in [3.63, 3.8) is 0 Å². The van der Waals surface area contributed by atoms with Crippen molar-refractivity contribution >= 4 is 15.9 Å². The summed E-state index contributed by atoms with van der Waals surface area (Å²) in [5, 5.41) is 0. The molecule has 0 aliphatic rings. The van der Waals surface area contributed by atoms with Crippen LogP contribution in [0, 0.1) is 5.82 Å². The van der Waals surface area contributed by atoms with Gasteiger partial charge in [-0.15, -0.1) is 0 Å². The number of benzene rings is 1. The normalized spacial score (nSPS) is 12.6. The number of hydrogen-bond acceptors (Lipinski definition) is 1. The maximum Gasteiger partial charge on any atom is 0.123 e. The number of unbranched alkanes of at least 4 members (excludes halogenated alkanes) is 7. The van der Waals surface area contributed by atoms with E-state index < -0.39 is 0 Å². The van der Waals surface area contributed by atoms with Crippen LogP contribution in [-0.4, -0.2) is 0 Å². The van der Waals surface area contributed by atoms with Gasteiger partial charge in [-0.05, 0) is 30.2 Å². The highest BCUT2D eigenvalue weighted by molar-refractivity contribution is 9.10. The summed E-state index contributed by atoms with van der Waals surface area (Å²) in [6, 6.07) is 4.66. The third-order valence-corrected chi connectivity index (χ3v) is 4.45. The minimum absolute atomic E-state index is 0.0693. The summed E-state index contributed by atoms with van der Waals surface area (Å²) in [6.07, 6.45) is 11.3. The van der Waals surface area contributed by atoms with E-state index in [-0.39, 0.29) is 11.9 Å². The first-order valence-corrected chi connectivity index (χ1v) is 8.65. The Morgan fingerprint density at radius 3 is 2.30 bits per heavy atom. The topological polar surface area (TPSA) is 26.0 Å². The third kappa shape index (κ3) is 6.85. The first-order valence-electron chi connectivity index (χ1n) is 7.85. The van der Waals surface area contributed by atoms with Crippen LogP contribution in [0.1, 0.15) is 76.3 Å². The quantitative estimate of drug-likeness (QED) is 0.509. The van der Waals surface area contributed by atoms with Crippen LogP contribution >= 0.6 is 15.9 Å². The summed E-state index contributed by atoms with van der Waals surface area (Å²) in [6.45, 7) is 2.24. The maximum atomic E-state index is 13.2. The number of hydrogen-bond donors (Lipinski definition) is 1. The Labute approximate surface area is 131 Å². The highest BCUT2D eigenvalue weighted by atomic mass is 79.9. The SMILES string of the molecule is CCCCCCCCCCC(N)c1cc(F)ccc1Br. The highest BCUT2D eigenvalue weighted by Gasteiger charge is 2.10. The monoisotopic (exact) mass is 343 g/mol. The molecule has 1 rings (SSSR count). The van der Waals surface area contributed by atoms with Crippen LogP contribution in [0.25, 0.3) is 0 Å². The lowest BCUT2D eigenvalue weighted by molar-refractivity contribution is 0.533. The van der Waals surface area contributed by atoms with E-state index in [0.29, 0.717) is 0 Å². The molecule has 1 unspecified atom stereocenters. The number of halogens is 2. The van der Waals surface area contributed by atoms with E-state index in [1.165, 1.54) is 51.0 Å². The largest absolute Gasteiger partial charge is 0.324 e. The first kappa shape index (κ1) is 17.6. The molecule has 1 atom stereocenters. The van der Waals surface area contributed by atoms with E-state index in [2.05, 4.69) is 22.9 Å². The van der Waals surface area contributed by atoms with Crippen molar-refractivity contribution in [1.82, 2.24) is 0 Å². The molecule has 0 radical (unpaired) electrons. The highest BCUT2D eigenvalue weighted by Crippen LogP contribution is 2.26. The average molecular weight is 344 g/mol. The fourth-order valence-corrected chi connectivity index (χ4v) is 2.99. The molecular formula is C17H27BrFN. The van der Waals surface area contributed by atoms with Crippen molar-refractivity contribution in [1.29, 1.82) is 0 Å². The van der Waals surface area contributed by atoms with Crippen LogP contribution in [0.15, 0.2) is 22.7 Å². The molecular weight excluding hydrogens is 317 g/mol. The maximum absolute atomic E-state index is 13.2. The molecule has 1 nitrogen and oxygen atoms in total. The van der Waals surface area contributed by atoms with Gasteiger partial charge in [0, 0.05) is 10.5 Å².